The maximum absolute atomic E-state index is 15.6. The van der Waals surface area contributed by atoms with Crippen LogP contribution in [0.4, 0.5) is 25.0 Å². The third-order valence-electron chi connectivity index (χ3n) is 7.56. The highest BCUT2D eigenvalue weighted by molar-refractivity contribution is 6.12. The lowest BCUT2D eigenvalue weighted by molar-refractivity contribution is -0.453. The number of aliphatic imine (C=N–C) groups is 1. The molecule has 4 heterocycles. The number of hydrogen-bond donors (Lipinski definition) is 1. The second-order valence-electron chi connectivity index (χ2n) is 12.2. The summed E-state index contributed by atoms with van der Waals surface area (Å²) in [5.74, 6) is -0.683. The van der Waals surface area contributed by atoms with Crippen LogP contribution in [0.1, 0.15) is 45.2 Å². The molecule has 0 bridgehead atoms. The summed E-state index contributed by atoms with van der Waals surface area (Å²) in [7, 11) is 0. The van der Waals surface area contributed by atoms with Crippen molar-refractivity contribution in [1.82, 2.24) is 19.5 Å². The third-order valence-corrected chi connectivity index (χ3v) is 7.56. The number of benzene rings is 2. The predicted molar refractivity (Wildman–Crippen MR) is 173 cm³/mol. The fraction of sp³-hybridized carbons (Fsp3) is 0.324. The number of fused-ring (bicyclic) bond motifs is 3. The number of carbonyl (C=O) groups excluding carboxylic acids is 1. The van der Waals surface area contributed by atoms with Crippen molar-refractivity contribution >= 4 is 34.7 Å². The van der Waals surface area contributed by atoms with Crippen LogP contribution < -0.4 is 14.8 Å². The van der Waals surface area contributed by atoms with Gasteiger partial charge in [0.15, 0.2) is 36.2 Å². The minimum atomic E-state index is -0.774. The third kappa shape index (κ3) is 6.79. The molecular weight excluding hydrogens is 608 g/mol. The Bertz CT molecular complexity index is 1940. The van der Waals surface area contributed by atoms with Gasteiger partial charge in [0.05, 0.1) is 17.8 Å². The Morgan fingerprint density at radius 2 is 2.02 bits per heavy atom. The van der Waals surface area contributed by atoms with Crippen LogP contribution in [0, 0.1) is 18.6 Å². The zero-order valence-electron chi connectivity index (χ0n) is 26.9. The van der Waals surface area contributed by atoms with Crippen molar-refractivity contribution in [3.05, 3.63) is 84.0 Å². The van der Waals surface area contributed by atoms with Gasteiger partial charge in [0.2, 0.25) is 17.1 Å². The lowest BCUT2D eigenvalue weighted by Crippen LogP contribution is -2.50. The highest BCUT2D eigenvalue weighted by atomic mass is 19.1. The molecule has 2 aromatic carbocycles. The van der Waals surface area contributed by atoms with Crippen molar-refractivity contribution < 1.29 is 32.4 Å². The molecule has 0 unspecified atom stereocenters. The normalized spacial score (nSPS) is 15.0. The van der Waals surface area contributed by atoms with Crippen molar-refractivity contribution in [1.29, 1.82) is 0 Å². The number of hydrogen-bond acceptors (Lipinski definition) is 7. The number of amidine groups is 1. The van der Waals surface area contributed by atoms with Crippen LogP contribution >= 0.6 is 0 Å². The van der Waals surface area contributed by atoms with Gasteiger partial charge >= 0.3 is 6.09 Å². The Labute approximate surface area is 270 Å². The van der Waals surface area contributed by atoms with Gasteiger partial charge in [0.1, 0.15) is 30.1 Å². The lowest BCUT2D eigenvalue weighted by Gasteiger charge is -2.31. The van der Waals surface area contributed by atoms with E-state index in [0.29, 0.717) is 36.6 Å². The van der Waals surface area contributed by atoms with E-state index in [1.54, 1.807) is 29.4 Å². The Hall–Kier alpha value is -5.33. The molecule has 244 valence electrons. The van der Waals surface area contributed by atoms with Crippen LogP contribution in [0.3, 0.4) is 0 Å². The van der Waals surface area contributed by atoms with Gasteiger partial charge < -0.3 is 19.5 Å². The maximum Gasteiger partial charge on any atom is 0.411 e. The van der Waals surface area contributed by atoms with Gasteiger partial charge in [-0.2, -0.15) is 9.67 Å². The van der Waals surface area contributed by atoms with Crippen molar-refractivity contribution in [3.8, 4) is 17.2 Å². The lowest BCUT2D eigenvalue weighted by atomic mass is 10.0. The number of carbonyl (C=O) groups is 1. The first-order chi connectivity index (χ1) is 22.5. The number of anilines is 1. The van der Waals surface area contributed by atoms with Crippen LogP contribution in [-0.2, 0) is 4.74 Å². The van der Waals surface area contributed by atoms with Crippen molar-refractivity contribution in [3.63, 3.8) is 0 Å². The minimum absolute atomic E-state index is 0.127. The molecule has 2 aliphatic heterocycles. The molecule has 0 radical (unpaired) electrons. The molecule has 0 spiro atoms. The molecule has 0 saturated carbocycles. The number of aromatic nitrogens is 3. The van der Waals surface area contributed by atoms with Crippen molar-refractivity contribution in [2.75, 3.05) is 31.6 Å². The molecule has 1 N–H and O–H groups in total. The first-order valence-corrected chi connectivity index (χ1v) is 15.3. The molecule has 0 atom stereocenters. The number of allylic oxidation sites excluding steroid dienone is 1. The number of nitrogens with one attached hydrogen (secondary N) is 1. The smallest absolute Gasteiger partial charge is 0.411 e. The van der Waals surface area contributed by atoms with E-state index in [4.69, 9.17) is 14.2 Å². The van der Waals surface area contributed by atoms with Gasteiger partial charge in [-0.15, -0.1) is 0 Å². The summed E-state index contributed by atoms with van der Waals surface area (Å²) in [6.45, 7) is 11.0. The van der Waals surface area contributed by atoms with Gasteiger partial charge in [-0.05, 0) is 45.7 Å². The number of aryl methyl sites for hydroxylation is 1. The van der Waals surface area contributed by atoms with E-state index in [2.05, 4.69) is 25.0 Å². The molecule has 11 nitrogen and oxygen atoms in total. The first-order valence-electron chi connectivity index (χ1n) is 15.3. The zero-order chi connectivity index (χ0) is 33.3. The quantitative estimate of drug-likeness (QED) is 0.143. The number of rotatable bonds is 6. The van der Waals surface area contributed by atoms with E-state index < -0.39 is 17.2 Å². The summed E-state index contributed by atoms with van der Waals surface area (Å²) >= 11 is 0. The van der Waals surface area contributed by atoms with Crippen LogP contribution in [0.5, 0.6) is 17.2 Å². The highest BCUT2D eigenvalue weighted by Crippen LogP contribution is 2.38. The summed E-state index contributed by atoms with van der Waals surface area (Å²) in [5, 5.41) is 7.04. The van der Waals surface area contributed by atoms with Crippen LogP contribution in [0.2, 0.25) is 0 Å². The molecular formula is C34H36F2N7O4+. The fourth-order valence-electron chi connectivity index (χ4n) is 5.35. The van der Waals surface area contributed by atoms with E-state index in [1.165, 1.54) is 10.8 Å². The zero-order valence-corrected chi connectivity index (χ0v) is 26.9. The number of nitrogens with zero attached hydrogens (tertiary/aromatic N) is 6. The van der Waals surface area contributed by atoms with Gasteiger partial charge in [0, 0.05) is 36.7 Å². The van der Waals surface area contributed by atoms with Crippen molar-refractivity contribution in [2.45, 2.75) is 46.6 Å². The highest BCUT2D eigenvalue weighted by Gasteiger charge is 2.38. The summed E-state index contributed by atoms with van der Waals surface area (Å²) < 4.78 is 52.1. The Morgan fingerprint density at radius 3 is 2.81 bits per heavy atom. The van der Waals surface area contributed by atoms with Crippen molar-refractivity contribution in [2.24, 2.45) is 4.99 Å². The first kappa shape index (κ1) is 31.6. The molecule has 2 aromatic heterocycles. The van der Waals surface area contributed by atoms with Gasteiger partial charge in [-0.1, -0.05) is 19.1 Å². The molecule has 13 heteroatoms. The average molecular weight is 645 g/mol. The van der Waals surface area contributed by atoms with E-state index in [1.807, 2.05) is 52.8 Å². The number of halogens is 2. The van der Waals surface area contributed by atoms with Crippen LogP contribution in [-0.4, -0.2) is 73.6 Å². The molecule has 0 fully saturated rings. The predicted octanol–water partition coefficient (Wildman–Crippen LogP) is 6.62. The standard InChI is InChI=1S/C34H36F2N7O4/c1-6-7-11-37-32(40-26-16-25(36)28(17-24(26)35)46-23-10-12-43-29(15-23)38-20-39-43)30-21(2)8-9-27-31(30)45-19-22-18-41(13-14-42(22)27)33(44)47-34(3,4)5/h7-12,15-17,20H,6,13-14,18-19H2,1-5H3,(H,37,40)/q+1/b11-7+. The number of ether oxygens (including phenoxy) is 3. The Balaban J connectivity index is 1.31. The second-order valence-corrected chi connectivity index (χ2v) is 12.2. The number of amides is 1. The van der Waals surface area contributed by atoms with Gasteiger partial charge in [0.25, 0.3) is 0 Å². The summed E-state index contributed by atoms with van der Waals surface area (Å²) in [6.07, 6.45) is 6.83. The summed E-state index contributed by atoms with van der Waals surface area (Å²) in [6, 6.07) is 9.06. The molecule has 0 aliphatic carbocycles. The van der Waals surface area contributed by atoms with E-state index in [9.17, 15) is 4.79 Å². The van der Waals surface area contributed by atoms with Crippen LogP contribution in [0.15, 0.2) is 66.2 Å². The maximum atomic E-state index is 15.6. The van der Waals surface area contributed by atoms with Crippen LogP contribution in [0.25, 0.3) is 5.65 Å². The van der Waals surface area contributed by atoms with Gasteiger partial charge in [-0.3, -0.25) is 4.90 Å². The number of pyridine rings is 1. The van der Waals surface area contributed by atoms with E-state index in [0.717, 1.165) is 35.5 Å². The summed E-state index contributed by atoms with van der Waals surface area (Å²) in [5.41, 5.74) is 2.91. The molecule has 6 rings (SSSR count). The van der Waals surface area contributed by atoms with E-state index >= 15 is 8.78 Å². The molecule has 2 aliphatic rings. The molecule has 4 aromatic rings. The SMILES string of the molecule is CC/C=C/N=C(Nc1cc(F)c(Oc2ccn3ncnc3c2)cc1F)c1c(C)ccc2c1OCC1=[N+]2CCN(C(=O)OC(C)(C)C)C1. The molecule has 1 amide bonds. The average Bonchev–Trinajstić information content (AvgIpc) is 3.50. The largest absolute Gasteiger partial charge is 0.475 e. The monoisotopic (exact) mass is 644 g/mol. The van der Waals surface area contributed by atoms with Gasteiger partial charge in [-0.25, -0.2) is 28.1 Å². The second kappa shape index (κ2) is 12.8. The topological polar surface area (TPSA) is 106 Å². The summed E-state index contributed by atoms with van der Waals surface area (Å²) in [4.78, 5) is 23.1. The molecule has 47 heavy (non-hydrogen) atoms. The minimum Gasteiger partial charge on any atom is -0.475 e. The Kier molecular flexibility index (Phi) is 8.63. The molecule has 0 saturated heterocycles. The van der Waals surface area contributed by atoms with E-state index in [-0.39, 0.29) is 35.7 Å². The fourth-order valence-corrected chi connectivity index (χ4v) is 5.35. The Morgan fingerprint density at radius 1 is 1.19 bits per heavy atom.